The molecule has 0 saturated heterocycles. The van der Waals surface area contributed by atoms with Gasteiger partial charge in [-0.3, -0.25) is 4.98 Å². The Bertz CT molecular complexity index is 593. The normalized spacial score (nSPS) is 13.9. The van der Waals surface area contributed by atoms with Crippen molar-refractivity contribution in [2.45, 2.75) is 13.3 Å². The third-order valence-electron chi connectivity index (χ3n) is 2.99. The van der Waals surface area contributed by atoms with E-state index < -0.39 is 0 Å². The second kappa shape index (κ2) is 3.51. The van der Waals surface area contributed by atoms with Crippen molar-refractivity contribution in [3.8, 4) is 0 Å². The Kier molecular flexibility index (Phi) is 2.23. The van der Waals surface area contributed by atoms with E-state index in [1.165, 1.54) is 5.56 Å². The SMILES string of the molecule is Cc1nc2c(Cl)cc(Cl)cc2c2c1CCN2. The lowest BCUT2D eigenvalue weighted by molar-refractivity contribution is 1.07. The highest BCUT2D eigenvalue weighted by atomic mass is 35.5. The number of fused-ring (bicyclic) bond motifs is 3. The summed E-state index contributed by atoms with van der Waals surface area (Å²) in [5.41, 5.74) is 4.31. The maximum Gasteiger partial charge on any atom is 0.0913 e. The Balaban J connectivity index is 2.48. The van der Waals surface area contributed by atoms with Gasteiger partial charge in [-0.25, -0.2) is 0 Å². The predicted octanol–water partition coefficient (Wildman–Crippen LogP) is 3.82. The lowest BCUT2D eigenvalue weighted by atomic mass is 10.1. The fourth-order valence-corrected chi connectivity index (χ4v) is 2.80. The molecule has 0 atom stereocenters. The van der Waals surface area contributed by atoms with Gasteiger partial charge in [0.25, 0.3) is 0 Å². The summed E-state index contributed by atoms with van der Waals surface area (Å²) in [6.07, 6.45) is 1.02. The van der Waals surface area contributed by atoms with E-state index in [1.807, 2.05) is 13.0 Å². The van der Waals surface area contributed by atoms with Crippen molar-refractivity contribution >= 4 is 39.8 Å². The first kappa shape index (κ1) is 10.2. The molecule has 1 N–H and O–H groups in total. The summed E-state index contributed by atoms with van der Waals surface area (Å²) in [7, 11) is 0. The number of hydrogen-bond acceptors (Lipinski definition) is 2. The summed E-state index contributed by atoms with van der Waals surface area (Å²) >= 11 is 12.2. The number of halogens is 2. The van der Waals surface area contributed by atoms with E-state index >= 15 is 0 Å². The van der Waals surface area contributed by atoms with Gasteiger partial charge in [0.05, 0.1) is 10.5 Å². The van der Waals surface area contributed by atoms with Crippen molar-refractivity contribution in [1.29, 1.82) is 0 Å². The minimum Gasteiger partial charge on any atom is -0.384 e. The van der Waals surface area contributed by atoms with Crippen LogP contribution in [0.2, 0.25) is 10.0 Å². The predicted molar refractivity (Wildman–Crippen MR) is 68.7 cm³/mol. The molecule has 1 aromatic carbocycles. The average Bonchev–Trinajstić information content (AvgIpc) is 2.69. The lowest BCUT2D eigenvalue weighted by Gasteiger charge is -2.09. The maximum atomic E-state index is 6.16. The molecular formula is C12H10Cl2N2. The number of nitrogens with one attached hydrogen (secondary N) is 1. The van der Waals surface area contributed by atoms with Gasteiger partial charge in [0.1, 0.15) is 0 Å². The van der Waals surface area contributed by atoms with Crippen molar-refractivity contribution in [2.75, 3.05) is 11.9 Å². The van der Waals surface area contributed by atoms with Gasteiger partial charge in [0.2, 0.25) is 0 Å². The van der Waals surface area contributed by atoms with Gasteiger partial charge in [0, 0.05) is 28.3 Å². The van der Waals surface area contributed by atoms with Crippen molar-refractivity contribution in [3.63, 3.8) is 0 Å². The highest BCUT2D eigenvalue weighted by Crippen LogP contribution is 2.36. The molecular weight excluding hydrogens is 243 g/mol. The Morgan fingerprint density at radius 3 is 2.94 bits per heavy atom. The molecule has 4 heteroatoms. The molecule has 82 valence electrons. The number of anilines is 1. The third kappa shape index (κ3) is 1.37. The minimum absolute atomic E-state index is 0.613. The van der Waals surface area contributed by atoms with E-state index in [2.05, 4.69) is 10.3 Å². The number of aromatic nitrogens is 1. The van der Waals surface area contributed by atoms with Gasteiger partial charge in [-0.2, -0.15) is 0 Å². The molecule has 1 aromatic heterocycles. The lowest BCUT2D eigenvalue weighted by Crippen LogP contribution is -1.94. The van der Waals surface area contributed by atoms with Crippen LogP contribution in [0.25, 0.3) is 10.9 Å². The zero-order chi connectivity index (χ0) is 11.3. The van der Waals surface area contributed by atoms with E-state index in [0.717, 1.165) is 35.2 Å². The molecule has 2 heterocycles. The molecule has 0 fully saturated rings. The summed E-state index contributed by atoms with van der Waals surface area (Å²) < 4.78 is 0. The van der Waals surface area contributed by atoms with Crippen LogP contribution >= 0.6 is 23.2 Å². The van der Waals surface area contributed by atoms with Crippen LogP contribution in [-0.4, -0.2) is 11.5 Å². The maximum absolute atomic E-state index is 6.16. The number of hydrogen-bond donors (Lipinski definition) is 1. The monoisotopic (exact) mass is 252 g/mol. The van der Waals surface area contributed by atoms with Gasteiger partial charge < -0.3 is 5.32 Å². The smallest absolute Gasteiger partial charge is 0.0913 e. The number of rotatable bonds is 0. The first-order valence-corrected chi connectivity index (χ1v) is 5.94. The molecule has 16 heavy (non-hydrogen) atoms. The Morgan fingerprint density at radius 1 is 1.31 bits per heavy atom. The van der Waals surface area contributed by atoms with Crippen LogP contribution in [0.1, 0.15) is 11.3 Å². The first-order chi connectivity index (χ1) is 7.66. The fraction of sp³-hybridized carbons (Fsp3) is 0.250. The summed E-state index contributed by atoms with van der Waals surface area (Å²) in [5.74, 6) is 0. The van der Waals surface area contributed by atoms with E-state index in [1.54, 1.807) is 6.07 Å². The highest BCUT2D eigenvalue weighted by Gasteiger charge is 2.18. The number of aryl methyl sites for hydroxylation is 1. The third-order valence-corrected chi connectivity index (χ3v) is 3.50. The Labute approximate surface area is 104 Å². The molecule has 2 nitrogen and oxygen atoms in total. The molecule has 0 unspecified atom stereocenters. The van der Waals surface area contributed by atoms with Crippen molar-refractivity contribution in [2.24, 2.45) is 0 Å². The van der Waals surface area contributed by atoms with Crippen molar-refractivity contribution in [3.05, 3.63) is 33.4 Å². The van der Waals surface area contributed by atoms with Crippen LogP contribution in [0.5, 0.6) is 0 Å². The van der Waals surface area contributed by atoms with Gasteiger partial charge in [-0.15, -0.1) is 0 Å². The molecule has 0 spiro atoms. The zero-order valence-corrected chi connectivity index (χ0v) is 10.3. The van der Waals surface area contributed by atoms with Crippen LogP contribution < -0.4 is 5.32 Å². The minimum atomic E-state index is 0.613. The van der Waals surface area contributed by atoms with Crippen molar-refractivity contribution < 1.29 is 0 Å². The Hall–Kier alpha value is -0.990. The standard InChI is InChI=1S/C12H10Cl2N2/c1-6-8-2-3-15-11(8)9-4-7(13)5-10(14)12(9)16-6/h4-5,15H,2-3H2,1H3. The van der Waals surface area contributed by atoms with Crippen LogP contribution in [0, 0.1) is 6.92 Å². The van der Waals surface area contributed by atoms with Crippen LogP contribution in [0.15, 0.2) is 12.1 Å². The molecule has 0 radical (unpaired) electrons. The average molecular weight is 253 g/mol. The molecule has 2 aromatic rings. The number of nitrogens with zero attached hydrogens (tertiary/aromatic N) is 1. The molecule has 1 aliphatic heterocycles. The number of pyridine rings is 1. The van der Waals surface area contributed by atoms with Crippen LogP contribution in [-0.2, 0) is 6.42 Å². The number of benzene rings is 1. The first-order valence-electron chi connectivity index (χ1n) is 5.19. The van der Waals surface area contributed by atoms with Crippen molar-refractivity contribution in [1.82, 2.24) is 4.98 Å². The van der Waals surface area contributed by atoms with Gasteiger partial charge in [0.15, 0.2) is 0 Å². The summed E-state index contributed by atoms with van der Waals surface area (Å²) in [4.78, 5) is 4.56. The van der Waals surface area contributed by atoms with E-state index in [0.29, 0.717) is 10.0 Å². The summed E-state index contributed by atoms with van der Waals surface area (Å²) in [6, 6.07) is 3.66. The quantitative estimate of drug-likeness (QED) is 0.772. The van der Waals surface area contributed by atoms with Gasteiger partial charge in [-0.1, -0.05) is 23.2 Å². The molecule has 0 bridgehead atoms. The van der Waals surface area contributed by atoms with E-state index in [4.69, 9.17) is 23.2 Å². The molecule has 1 aliphatic rings. The second-order valence-electron chi connectivity index (χ2n) is 4.01. The molecule has 0 aliphatic carbocycles. The Morgan fingerprint density at radius 2 is 2.12 bits per heavy atom. The van der Waals surface area contributed by atoms with Gasteiger partial charge >= 0.3 is 0 Å². The van der Waals surface area contributed by atoms with E-state index in [-0.39, 0.29) is 0 Å². The van der Waals surface area contributed by atoms with Crippen LogP contribution in [0.4, 0.5) is 5.69 Å². The van der Waals surface area contributed by atoms with Gasteiger partial charge in [-0.05, 0) is 31.0 Å². The highest BCUT2D eigenvalue weighted by molar-refractivity contribution is 6.38. The van der Waals surface area contributed by atoms with Crippen LogP contribution in [0.3, 0.4) is 0 Å². The summed E-state index contributed by atoms with van der Waals surface area (Å²) in [5, 5.41) is 5.67. The summed E-state index contributed by atoms with van der Waals surface area (Å²) in [6.45, 7) is 2.98. The van der Waals surface area contributed by atoms with E-state index in [9.17, 15) is 0 Å². The second-order valence-corrected chi connectivity index (χ2v) is 4.85. The molecule has 0 amide bonds. The fourth-order valence-electron chi connectivity index (χ4n) is 2.27. The molecule has 3 rings (SSSR count). The topological polar surface area (TPSA) is 24.9 Å². The largest absolute Gasteiger partial charge is 0.384 e. The molecule has 0 saturated carbocycles. The zero-order valence-electron chi connectivity index (χ0n) is 8.77.